The van der Waals surface area contributed by atoms with Crippen molar-refractivity contribution in [1.29, 1.82) is 0 Å². The van der Waals surface area contributed by atoms with Crippen molar-refractivity contribution in [2.24, 2.45) is 0 Å². The van der Waals surface area contributed by atoms with Crippen LogP contribution in [0.4, 0.5) is 0 Å². The highest BCUT2D eigenvalue weighted by Gasteiger charge is 2.13. The number of H-pyrrole nitrogens is 1. The molecule has 0 aliphatic carbocycles. The van der Waals surface area contributed by atoms with Gasteiger partial charge in [-0.05, 0) is 12.1 Å². The Kier molecular flexibility index (Phi) is 2.70. The molecule has 0 unspecified atom stereocenters. The summed E-state index contributed by atoms with van der Waals surface area (Å²) in [6, 6.07) is -0.417. The van der Waals surface area contributed by atoms with Gasteiger partial charge in [0.15, 0.2) is 0 Å². The topological polar surface area (TPSA) is 15.8 Å². The second-order valence-electron chi connectivity index (χ2n) is 0.625. The second-order valence-corrected chi connectivity index (χ2v) is 0.625. The van der Waals surface area contributed by atoms with E-state index in [4.69, 9.17) is 5.48 Å². The molecule has 33 valence electrons. The summed E-state index contributed by atoms with van der Waals surface area (Å²) in [6.45, 7) is 0. The van der Waals surface area contributed by atoms with Crippen LogP contribution in [0.15, 0.2) is 24.4 Å². The molecule has 1 aromatic heterocycles. The zero-order valence-corrected chi connectivity index (χ0v) is 6.59. The van der Waals surface area contributed by atoms with Crippen LogP contribution in [0.2, 0.25) is 0 Å². The van der Waals surface area contributed by atoms with E-state index in [0.29, 0.717) is 0 Å². The number of rotatable bonds is 0. The van der Waals surface area contributed by atoms with E-state index >= 15 is 0 Å². The maximum Gasteiger partial charge on any atom is 1.52 e. The minimum atomic E-state index is -0.208. The number of nitrogens with one attached hydrogen (secondary N) is 1. The zero-order chi connectivity index (χ0) is 9.02. The molecule has 0 saturated heterocycles. The first-order valence-corrected chi connectivity index (χ1v) is 5.42. The molecule has 3 heteroatoms. The third-order valence-corrected chi connectivity index (χ3v) is 0.312. The van der Waals surface area contributed by atoms with Gasteiger partial charge in [-0.15, -0.1) is 0 Å². The van der Waals surface area contributed by atoms with Crippen LogP contribution in [0.25, 0.3) is 0 Å². The van der Waals surface area contributed by atoms with Crippen molar-refractivity contribution in [3.63, 3.8) is 0 Å². The SMILES string of the molecule is [2H]c1[nH]c([2H])c([2H])c1[2H].[Mg+2][Br]. The van der Waals surface area contributed by atoms with E-state index in [1.165, 1.54) is 0 Å². The Morgan fingerprint density at radius 2 is 1.86 bits per heavy atom. The van der Waals surface area contributed by atoms with Gasteiger partial charge in [-0.25, -0.2) is 0 Å². The summed E-state index contributed by atoms with van der Waals surface area (Å²) in [5, 5.41) is 0. The Hall–Kier alpha value is 0.526. The lowest BCUT2D eigenvalue weighted by atomic mass is 10.7. The maximum atomic E-state index is 6.94. The van der Waals surface area contributed by atoms with Gasteiger partial charge in [0.2, 0.25) is 0 Å². The van der Waals surface area contributed by atoms with Gasteiger partial charge in [0.25, 0.3) is 0 Å². The van der Waals surface area contributed by atoms with Crippen LogP contribution in [0, 0.1) is 0 Å². The second kappa shape index (κ2) is 6.53. The summed E-state index contributed by atoms with van der Waals surface area (Å²) in [5.41, 5.74) is 0. The fourth-order valence-electron chi connectivity index (χ4n) is 0.156. The third kappa shape index (κ3) is 4.38. The van der Waals surface area contributed by atoms with Crippen molar-refractivity contribution in [3.8, 4) is 0 Å². The lowest BCUT2D eigenvalue weighted by Gasteiger charge is -1.49. The average Bonchev–Trinajstić information content (AvgIpc) is 2.22. The standard InChI is InChI=1S/C4H5N.BrH.Mg/c1-2-4-5-3-1;;/h1-5H;1H;/q;;+3/p-1/i1D,2D,3D,4D;;. The number of hydrogen-bond acceptors (Lipinski definition) is 0. The number of hydrogen-bond donors (Lipinski definition) is 1. The summed E-state index contributed by atoms with van der Waals surface area (Å²) in [7, 11) is 0. The normalized spacial score (nSPS) is 14.6. The van der Waals surface area contributed by atoms with E-state index in [1.807, 2.05) is 0 Å². The van der Waals surface area contributed by atoms with Crippen LogP contribution in [0.1, 0.15) is 5.48 Å². The lowest BCUT2D eigenvalue weighted by Crippen LogP contribution is -1.38. The number of aromatic nitrogens is 1. The smallest absolute Gasteiger partial charge is 0.368 e. The minimum absolute atomic E-state index is 0.162. The summed E-state index contributed by atoms with van der Waals surface area (Å²) < 4.78 is 27.7. The highest BCUT2D eigenvalue weighted by Crippen LogP contribution is 1.72. The molecule has 0 fully saturated rings. The van der Waals surface area contributed by atoms with Crippen molar-refractivity contribution >= 4 is 32.4 Å². The zero-order valence-electron chi connectivity index (χ0n) is 7.59. The first kappa shape index (κ1) is 2.89. The maximum absolute atomic E-state index is 6.94. The molecule has 1 aromatic rings. The van der Waals surface area contributed by atoms with Crippen molar-refractivity contribution in [3.05, 3.63) is 24.4 Å². The molecule has 1 heterocycles. The van der Waals surface area contributed by atoms with Gasteiger partial charge in [0, 0.05) is 12.3 Å². The van der Waals surface area contributed by atoms with Crippen molar-refractivity contribution in [2.45, 2.75) is 0 Å². The van der Waals surface area contributed by atoms with Crippen LogP contribution < -0.4 is 0 Å². The molecule has 7 heavy (non-hydrogen) atoms. The predicted octanol–water partition coefficient (Wildman–Crippen LogP) is 1.48. The first-order chi connectivity index (χ1) is 5.13. The molecule has 1 N–H and O–H groups in total. The first-order valence-electron chi connectivity index (χ1n) is 3.52. The molecule has 0 atom stereocenters. The molecule has 0 amide bonds. The molecule has 0 bridgehead atoms. The van der Waals surface area contributed by atoms with E-state index in [0.717, 1.165) is 0 Å². The van der Waals surface area contributed by atoms with Gasteiger partial charge in [-0.2, -0.15) is 0 Å². The lowest BCUT2D eigenvalue weighted by molar-refractivity contribution is 1.42. The van der Waals surface area contributed by atoms with Crippen LogP contribution in [0.5, 0.6) is 0 Å². The average molecular weight is 175 g/mol. The highest BCUT2D eigenvalue weighted by atomic mass is 79.9. The Labute approximate surface area is 67.4 Å². The molecular weight excluding hydrogens is 166 g/mol. The summed E-state index contributed by atoms with van der Waals surface area (Å²) in [5.74, 6) is 0. The highest BCUT2D eigenvalue weighted by molar-refractivity contribution is 9.22. The van der Waals surface area contributed by atoms with Crippen molar-refractivity contribution in [1.82, 2.24) is 4.98 Å². The van der Waals surface area contributed by atoms with Gasteiger partial charge < -0.3 is 4.98 Å². The van der Waals surface area contributed by atoms with Gasteiger partial charge in [-0.3, -0.25) is 0 Å². The summed E-state index contributed by atoms with van der Waals surface area (Å²) >= 11 is 4.64. The van der Waals surface area contributed by atoms with Crippen LogP contribution in [-0.2, 0) is 0 Å². The van der Waals surface area contributed by atoms with E-state index < -0.39 is 0 Å². The van der Waals surface area contributed by atoms with Gasteiger partial charge in [-0.1, -0.05) is 0 Å². The molecule has 7 radical (unpaired) electrons. The minimum Gasteiger partial charge on any atom is -0.368 e. The Morgan fingerprint density at radius 3 is 2.00 bits per heavy atom. The van der Waals surface area contributed by atoms with Gasteiger partial charge in [0.1, 0.15) is 0 Å². The fourth-order valence-corrected chi connectivity index (χ4v) is 0.156. The Morgan fingerprint density at radius 1 is 1.43 bits per heavy atom. The van der Waals surface area contributed by atoms with E-state index in [-0.39, 0.29) is 24.4 Å². The van der Waals surface area contributed by atoms with Crippen LogP contribution >= 0.6 is 12.9 Å². The molecule has 1 rings (SSSR count). The largest absolute Gasteiger partial charge is 1.52 e. The number of aromatic amines is 1. The molecule has 0 saturated carbocycles. The number of halogens is 1. The summed E-state index contributed by atoms with van der Waals surface area (Å²) in [4.78, 5) is 2.23. The molecule has 0 aromatic carbocycles. The van der Waals surface area contributed by atoms with Crippen LogP contribution in [0.3, 0.4) is 0 Å². The van der Waals surface area contributed by atoms with E-state index in [9.17, 15) is 0 Å². The molecule has 0 aliphatic heterocycles. The van der Waals surface area contributed by atoms with E-state index in [2.05, 4.69) is 17.9 Å². The fraction of sp³-hybridized carbons (Fsp3) is 0. The van der Waals surface area contributed by atoms with Crippen molar-refractivity contribution < 1.29 is 5.48 Å². The van der Waals surface area contributed by atoms with Crippen molar-refractivity contribution in [2.75, 3.05) is 0 Å². The third-order valence-electron chi connectivity index (χ3n) is 0.312. The molecule has 0 spiro atoms. The van der Waals surface area contributed by atoms with Gasteiger partial charge >= 0.3 is 32.4 Å². The van der Waals surface area contributed by atoms with E-state index in [1.54, 1.807) is 19.5 Å². The monoisotopic (exact) mass is 174 g/mol. The molecule has 0 aliphatic rings. The quantitative estimate of drug-likeness (QED) is 0.575. The van der Waals surface area contributed by atoms with Crippen LogP contribution in [-0.4, -0.2) is 24.5 Å². The molecule has 1 nitrogen and oxygen atoms in total. The molecular formula is C4H5BrMgN+2. The summed E-state index contributed by atoms with van der Waals surface area (Å²) in [6.07, 6.45) is -0.324. The Balaban J connectivity index is 0.000000461. The van der Waals surface area contributed by atoms with Gasteiger partial charge in [0.05, 0.1) is 5.48 Å². The Bertz CT molecular complexity index is 216. The predicted molar refractivity (Wildman–Crippen MR) is 35.5 cm³/mol.